The molecule has 1 unspecified atom stereocenters. The van der Waals surface area contributed by atoms with E-state index in [-0.39, 0.29) is 5.82 Å². The van der Waals surface area contributed by atoms with Crippen molar-refractivity contribution in [2.75, 3.05) is 5.73 Å². The first-order chi connectivity index (χ1) is 10.2. The average molecular weight is 283 g/mol. The minimum absolute atomic E-state index is 0.294. The number of fused-ring (bicyclic) bond motifs is 1. The largest absolute Gasteiger partial charge is 0.399 e. The molecular weight excluding hydrogens is 269 g/mol. The van der Waals surface area contributed by atoms with E-state index in [1.54, 1.807) is 35.5 Å². The molecule has 21 heavy (non-hydrogen) atoms. The fourth-order valence-corrected chi connectivity index (χ4v) is 2.45. The summed E-state index contributed by atoms with van der Waals surface area (Å²) in [6.45, 7) is 0.411. The van der Waals surface area contributed by atoms with Gasteiger partial charge in [0.1, 0.15) is 18.1 Å². The number of rotatable bonds is 3. The van der Waals surface area contributed by atoms with Crippen LogP contribution in [0.4, 0.5) is 15.8 Å². The van der Waals surface area contributed by atoms with Crippen LogP contribution in [0.1, 0.15) is 17.2 Å². The highest BCUT2D eigenvalue weighted by Gasteiger charge is 2.24. The molecule has 2 aromatic carbocycles. The number of halogens is 1. The van der Waals surface area contributed by atoms with Crippen LogP contribution in [-0.2, 0) is 11.3 Å². The number of aldehydes is 1. The molecule has 2 N–H and O–H groups in total. The summed E-state index contributed by atoms with van der Waals surface area (Å²) in [4.78, 5) is 17.6. The maximum Gasteiger partial charge on any atom is 0.147 e. The number of anilines is 1. The van der Waals surface area contributed by atoms with E-state index in [2.05, 4.69) is 4.99 Å². The molecule has 1 heterocycles. The van der Waals surface area contributed by atoms with Crippen LogP contribution >= 0.6 is 0 Å². The minimum atomic E-state index is -0.443. The van der Waals surface area contributed by atoms with Gasteiger partial charge in [0.05, 0.1) is 12.0 Å². The standard InChI is InChI=1S/C16H14FN3O/c17-12-3-1-2-11(6-12)8-20-10-19-15-7-13(18)4-5-14(15)16(20)9-21/h1-7,9-10,16H,8,18H2. The molecule has 1 aliphatic rings. The number of carbonyl (C=O) groups is 1. The lowest BCUT2D eigenvalue weighted by atomic mass is 10.0. The van der Waals surface area contributed by atoms with E-state index < -0.39 is 6.04 Å². The Balaban J connectivity index is 1.91. The lowest BCUT2D eigenvalue weighted by Crippen LogP contribution is -2.30. The summed E-state index contributed by atoms with van der Waals surface area (Å²) in [7, 11) is 0. The molecule has 0 fully saturated rings. The second-order valence-electron chi connectivity index (χ2n) is 4.95. The van der Waals surface area contributed by atoms with E-state index in [0.29, 0.717) is 17.9 Å². The summed E-state index contributed by atoms with van der Waals surface area (Å²) < 4.78 is 13.2. The number of benzene rings is 2. The van der Waals surface area contributed by atoms with Gasteiger partial charge >= 0.3 is 0 Å². The molecule has 0 spiro atoms. The maximum absolute atomic E-state index is 13.2. The zero-order valence-electron chi connectivity index (χ0n) is 11.2. The Hall–Kier alpha value is -2.69. The van der Waals surface area contributed by atoms with Crippen molar-refractivity contribution in [3.63, 3.8) is 0 Å². The predicted octanol–water partition coefficient (Wildman–Crippen LogP) is 2.82. The first-order valence-corrected chi connectivity index (χ1v) is 6.56. The van der Waals surface area contributed by atoms with Crippen molar-refractivity contribution in [3.05, 3.63) is 59.4 Å². The number of carbonyl (C=O) groups excluding carboxylic acids is 1. The van der Waals surface area contributed by atoms with Crippen molar-refractivity contribution in [2.24, 2.45) is 4.99 Å². The second-order valence-corrected chi connectivity index (χ2v) is 4.95. The van der Waals surface area contributed by atoms with Crippen molar-refractivity contribution in [2.45, 2.75) is 12.6 Å². The highest BCUT2D eigenvalue weighted by Crippen LogP contribution is 2.33. The zero-order chi connectivity index (χ0) is 14.8. The summed E-state index contributed by atoms with van der Waals surface area (Å²) in [6, 6.07) is 11.2. The molecule has 0 saturated carbocycles. The molecule has 3 rings (SSSR count). The van der Waals surface area contributed by atoms with Crippen LogP contribution in [0, 0.1) is 5.82 Å². The van der Waals surface area contributed by atoms with E-state index in [4.69, 9.17) is 5.73 Å². The zero-order valence-corrected chi connectivity index (χ0v) is 11.2. The summed E-state index contributed by atoms with van der Waals surface area (Å²) in [5.41, 5.74) is 8.62. The Morgan fingerprint density at radius 2 is 2.14 bits per heavy atom. The number of nitrogens with zero attached hydrogens (tertiary/aromatic N) is 2. The van der Waals surface area contributed by atoms with Crippen LogP contribution in [0.3, 0.4) is 0 Å². The van der Waals surface area contributed by atoms with Crippen molar-refractivity contribution in [3.8, 4) is 0 Å². The first kappa shape index (κ1) is 13.3. The van der Waals surface area contributed by atoms with E-state index in [0.717, 1.165) is 17.4 Å². The van der Waals surface area contributed by atoms with Gasteiger partial charge in [0.15, 0.2) is 0 Å². The smallest absolute Gasteiger partial charge is 0.147 e. The molecule has 2 aromatic rings. The Morgan fingerprint density at radius 3 is 2.90 bits per heavy atom. The van der Waals surface area contributed by atoms with Crippen LogP contribution in [0.15, 0.2) is 47.5 Å². The molecule has 0 bridgehead atoms. The summed E-state index contributed by atoms with van der Waals surface area (Å²) in [5.74, 6) is -0.294. The lowest BCUT2D eigenvalue weighted by molar-refractivity contribution is -0.111. The molecule has 0 aromatic heterocycles. The van der Waals surface area contributed by atoms with E-state index in [1.807, 2.05) is 6.07 Å². The second kappa shape index (κ2) is 5.36. The van der Waals surface area contributed by atoms with Gasteiger partial charge in [-0.05, 0) is 29.8 Å². The SMILES string of the molecule is Nc1ccc2c(c1)N=CN(Cc1cccc(F)c1)C2C=O. The third-order valence-electron chi connectivity index (χ3n) is 3.46. The monoisotopic (exact) mass is 283 g/mol. The van der Waals surface area contributed by atoms with Gasteiger partial charge in [-0.2, -0.15) is 0 Å². The first-order valence-electron chi connectivity index (χ1n) is 6.56. The van der Waals surface area contributed by atoms with Crippen LogP contribution in [0.2, 0.25) is 0 Å². The third-order valence-corrected chi connectivity index (χ3v) is 3.46. The predicted molar refractivity (Wildman–Crippen MR) is 79.8 cm³/mol. The minimum Gasteiger partial charge on any atom is -0.399 e. The molecule has 5 heteroatoms. The molecule has 1 aliphatic heterocycles. The van der Waals surface area contributed by atoms with Gasteiger partial charge < -0.3 is 15.4 Å². The Bertz CT molecular complexity index is 714. The van der Waals surface area contributed by atoms with E-state index >= 15 is 0 Å². The molecule has 0 radical (unpaired) electrons. The molecule has 0 saturated heterocycles. The van der Waals surface area contributed by atoms with Crippen LogP contribution in [0.25, 0.3) is 0 Å². The molecule has 4 nitrogen and oxygen atoms in total. The number of hydrogen-bond donors (Lipinski definition) is 1. The average Bonchev–Trinajstić information content (AvgIpc) is 2.47. The molecule has 0 amide bonds. The lowest BCUT2D eigenvalue weighted by Gasteiger charge is -2.30. The van der Waals surface area contributed by atoms with Gasteiger partial charge in [0.2, 0.25) is 0 Å². The van der Waals surface area contributed by atoms with Gasteiger partial charge in [0.25, 0.3) is 0 Å². The third kappa shape index (κ3) is 2.63. The summed E-state index contributed by atoms with van der Waals surface area (Å²) in [6.07, 6.45) is 2.46. The quantitative estimate of drug-likeness (QED) is 0.696. The maximum atomic E-state index is 13.2. The topological polar surface area (TPSA) is 58.7 Å². The van der Waals surface area contributed by atoms with Crippen molar-refractivity contribution < 1.29 is 9.18 Å². The molecule has 106 valence electrons. The Kier molecular flexibility index (Phi) is 3.39. The molecular formula is C16H14FN3O. The highest BCUT2D eigenvalue weighted by atomic mass is 19.1. The number of nitrogen functional groups attached to an aromatic ring is 1. The summed E-state index contributed by atoms with van der Waals surface area (Å²) >= 11 is 0. The van der Waals surface area contributed by atoms with Gasteiger partial charge in [-0.3, -0.25) is 0 Å². The van der Waals surface area contributed by atoms with Gasteiger partial charge in [-0.15, -0.1) is 0 Å². The van der Waals surface area contributed by atoms with Crippen LogP contribution in [0.5, 0.6) is 0 Å². The van der Waals surface area contributed by atoms with Crippen LogP contribution in [-0.4, -0.2) is 17.5 Å². The van der Waals surface area contributed by atoms with Crippen LogP contribution < -0.4 is 5.73 Å². The Morgan fingerprint density at radius 1 is 1.29 bits per heavy atom. The Labute approximate surface area is 121 Å². The van der Waals surface area contributed by atoms with Gasteiger partial charge in [-0.25, -0.2) is 9.38 Å². The normalized spacial score (nSPS) is 16.6. The highest BCUT2D eigenvalue weighted by molar-refractivity contribution is 5.78. The van der Waals surface area contributed by atoms with Crippen molar-refractivity contribution in [1.82, 2.24) is 4.90 Å². The molecule has 0 aliphatic carbocycles. The number of hydrogen-bond acceptors (Lipinski definition) is 4. The van der Waals surface area contributed by atoms with Crippen molar-refractivity contribution >= 4 is 24.0 Å². The van der Waals surface area contributed by atoms with E-state index in [1.165, 1.54) is 12.1 Å². The molecule has 1 atom stereocenters. The van der Waals surface area contributed by atoms with Gasteiger partial charge in [-0.1, -0.05) is 18.2 Å². The van der Waals surface area contributed by atoms with Gasteiger partial charge in [0, 0.05) is 17.8 Å². The summed E-state index contributed by atoms with van der Waals surface area (Å²) in [5, 5.41) is 0. The van der Waals surface area contributed by atoms with Crippen molar-refractivity contribution in [1.29, 1.82) is 0 Å². The van der Waals surface area contributed by atoms with E-state index in [9.17, 15) is 9.18 Å². The fourth-order valence-electron chi connectivity index (χ4n) is 2.45. The fraction of sp³-hybridized carbons (Fsp3) is 0.125. The number of nitrogens with two attached hydrogens (primary N) is 1. The number of aliphatic imine (C=N–C) groups is 1.